The van der Waals surface area contributed by atoms with Crippen LogP contribution in [0.2, 0.25) is 0 Å². The van der Waals surface area contributed by atoms with Crippen LogP contribution in [-0.2, 0) is 16.3 Å². The van der Waals surface area contributed by atoms with Gasteiger partial charge in [0.25, 0.3) is 5.69 Å². The number of carbonyl (C=O) groups is 1. The van der Waals surface area contributed by atoms with Gasteiger partial charge in [-0.15, -0.1) is 0 Å². The molecule has 8 heteroatoms. The highest BCUT2D eigenvalue weighted by Crippen LogP contribution is 2.47. The number of thioether (sulfide) groups is 1. The average molecular weight is 551 g/mol. The van der Waals surface area contributed by atoms with E-state index in [1.165, 1.54) is 17.7 Å². The van der Waals surface area contributed by atoms with Gasteiger partial charge < -0.3 is 5.73 Å². The fourth-order valence-electron chi connectivity index (χ4n) is 5.67. The quantitative estimate of drug-likeness (QED) is 0.250. The summed E-state index contributed by atoms with van der Waals surface area (Å²) in [5.74, 6) is 1.29. The Bertz CT molecular complexity index is 1600. The Balaban J connectivity index is 1.59. The molecule has 0 bridgehead atoms. The van der Waals surface area contributed by atoms with Crippen molar-refractivity contribution in [1.82, 2.24) is 0 Å². The molecule has 1 unspecified atom stereocenters. The highest BCUT2D eigenvalue weighted by molar-refractivity contribution is 7.97. The van der Waals surface area contributed by atoms with Crippen molar-refractivity contribution in [2.24, 2.45) is 5.73 Å². The first-order chi connectivity index (χ1) is 19.3. The van der Waals surface area contributed by atoms with E-state index in [2.05, 4.69) is 37.3 Å². The molecule has 0 spiro atoms. The molecular weight excluding hydrogens is 520 g/mol. The van der Waals surface area contributed by atoms with Gasteiger partial charge in [-0.2, -0.15) is 17.0 Å². The first kappa shape index (κ1) is 27.2. The number of benzene rings is 3. The topological polar surface area (TPSA) is 113 Å². The van der Waals surface area contributed by atoms with Crippen molar-refractivity contribution < 1.29 is 9.72 Å². The average Bonchev–Trinajstić information content (AvgIpc) is 2.94. The number of hydrogen-bond acceptors (Lipinski definition) is 7. The number of nitro groups is 1. The van der Waals surface area contributed by atoms with Crippen LogP contribution in [0.3, 0.4) is 0 Å². The van der Waals surface area contributed by atoms with E-state index in [9.17, 15) is 20.2 Å². The standard InChI is InChI=1S/C32H30N4O3S/c1-20-14-21(2)26(15-23(20)19-40-18-22-8-4-3-5-9-22)30-27(17-33)32(34)35(28-12-7-13-29(37)31(28)30)24-10-6-11-25(16-24)36(38)39/h3-6,8-11,14-16,30H,7,12-13,18-19,34H2,1-2H3. The second-order valence-corrected chi connectivity index (χ2v) is 11.2. The van der Waals surface area contributed by atoms with Gasteiger partial charge >= 0.3 is 0 Å². The van der Waals surface area contributed by atoms with E-state index in [0.29, 0.717) is 30.5 Å². The Kier molecular flexibility index (Phi) is 7.76. The first-order valence-corrected chi connectivity index (χ1v) is 14.4. The van der Waals surface area contributed by atoms with Crippen LogP contribution in [0.25, 0.3) is 0 Å². The van der Waals surface area contributed by atoms with Crippen molar-refractivity contribution >= 4 is 28.9 Å². The Morgan fingerprint density at radius 1 is 1.05 bits per heavy atom. The first-order valence-electron chi connectivity index (χ1n) is 13.2. The summed E-state index contributed by atoms with van der Waals surface area (Å²) in [6.45, 7) is 4.10. The summed E-state index contributed by atoms with van der Waals surface area (Å²) in [7, 11) is 0. The van der Waals surface area contributed by atoms with Crippen LogP contribution in [0.1, 0.15) is 53.0 Å². The highest BCUT2D eigenvalue weighted by Gasteiger charge is 2.41. The minimum Gasteiger partial charge on any atom is -0.384 e. The van der Waals surface area contributed by atoms with Gasteiger partial charge in [-0.3, -0.25) is 19.8 Å². The van der Waals surface area contributed by atoms with Crippen molar-refractivity contribution in [2.75, 3.05) is 4.90 Å². The van der Waals surface area contributed by atoms with Crippen molar-refractivity contribution in [2.45, 2.75) is 50.5 Å². The number of carbonyl (C=O) groups excluding carboxylic acids is 1. The van der Waals surface area contributed by atoms with Gasteiger partial charge in [-0.25, -0.2) is 0 Å². The lowest BCUT2D eigenvalue weighted by atomic mass is 9.74. The largest absolute Gasteiger partial charge is 0.384 e. The van der Waals surface area contributed by atoms with Crippen LogP contribution < -0.4 is 10.6 Å². The number of nitro benzene ring substituents is 1. The number of non-ortho nitro benzene ring substituents is 1. The molecule has 1 heterocycles. The van der Waals surface area contributed by atoms with E-state index in [1.54, 1.807) is 17.0 Å². The molecule has 5 rings (SSSR count). The lowest BCUT2D eigenvalue weighted by Crippen LogP contribution is -2.39. The summed E-state index contributed by atoms with van der Waals surface area (Å²) in [6, 6.07) is 23.0. The van der Waals surface area contributed by atoms with E-state index in [0.717, 1.165) is 39.5 Å². The van der Waals surface area contributed by atoms with Gasteiger partial charge in [0.05, 0.1) is 28.2 Å². The number of Topliss-reactive ketones (excluding diaryl/α,β-unsaturated/α-hetero) is 1. The van der Waals surface area contributed by atoms with Crippen LogP contribution in [-0.4, -0.2) is 10.7 Å². The van der Waals surface area contributed by atoms with Gasteiger partial charge in [0.15, 0.2) is 5.78 Å². The van der Waals surface area contributed by atoms with Gasteiger partial charge in [0, 0.05) is 41.3 Å². The molecule has 1 aliphatic heterocycles. The second kappa shape index (κ2) is 11.4. The van der Waals surface area contributed by atoms with Crippen molar-refractivity contribution in [3.8, 4) is 6.07 Å². The van der Waals surface area contributed by atoms with Gasteiger partial charge in [0.2, 0.25) is 0 Å². The molecule has 3 aromatic rings. The number of anilines is 1. The van der Waals surface area contributed by atoms with Crippen LogP contribution in [0.5, 0.6) is 0 Å². The van der Waals surface area contributed by atoms with E-state index < -0.39 is 10.8 Å². The van der Waals surface area contributed by atoms with Crippen LogP contribution in [0.15, 0.2) is 89.4 Å². The molecule has 3 aromatic carbocycles. The van der Waals surface area contributed by atoms with Gasteiger partial charge in [-0.05, 0) is 60.6 Å². The maximum atomic E-state index is 13.6. The number of allylic oxidation sites excluding steroid dienone is 3. The molecule has 202 valence electrons. The number of hydrogen-bond donors (Lipinski definition) is 1. The third-order valence-electron chi connectivity index (χ3n) is 7.62. The van der Waals surface area contributed by atoms with Crippen molar-refractivity contribution in [3.63, 3.8) is 0 Å². The molecule has 0 aromatic heterocycles. The summed E-state index contributed by atoms with van der Waals surface area (Å²) in [4.78, 5) is 26.3. The van der Waals surface area contributed by atoms with Gasteiger partial charge in [0.1, 0.15) is 5.82 Å². The van der Waals surface area contributed by atoms with E-state index in [4.69, 9.17) is 5.73 Å². The third kappa shape index (κ3) is 5.13. The van der Waals surface area contributed by atoms with Crippen LogP contribution in [0.4, 0.5) is 11.4 Å². The number of aryl methyl sites for hydroxylation is 2. The molecule has 1 atom stereocenters. The maximum absolute atomic E-state index is 13.6. The van der Waals surface area contributed by atoms with Gasteiger partial charge in [-0.1, -0.05) is 48.5 Å². The molecule has 7 nitrogen and oxygen atoms in total. The SMILES string of the molecule is Cc1cc(C)c(C2C(C#N)=C(N)N(c3cccc([N+](=O)[O-])c3)C3=C2C(=O)CCC3)cc1CSCc1ccccc1. The Morgan fingerprint density at radius 3 is 2.55 bits per heavy atom. The molecule has 0 saturated carbocycles. The fraction of sp³-hybridized carbons (Fsp3) is 0.250. The number of nitriles is 1. The van der Waals surface area contributed by atoms with Crippen molar-refractivity contribution in [1.29, 1.82) is 5.26 Å². The highest BCUT2D eigenvalue weighted by atomic mass is 32.2. The summed E-state index contributed by atoms with van der Waals surface area (Å²) in [5.41, 5.74) is 14.1. The summed E-state index contributed by atoms with van der Waals surface area (Å²) >= 11 is 1.82. The Hall–Kier alpha value is -4.35. The minimum absolute atomic E-state index is 0.0121. The smallest absolute Gasteiger partial charge is 0.271 e. The summed E-state index contributed by atoms with van der Waals surface area (Å²) in [6.07, 6.45) is 1.63. The predicted molar refractivity (Wildman–Crippen MR) is 158 cm³/mol. The lowest BCUT2D eigenvalue weighted by molar-refractivity contribution is -0.384. The summed E-state index contributed by atoms with van der Waals surface area (Å²) in [5, 5.41) is 21.9. The molecule has 40 heavy (non-hydrogen) atoms. The van der Waals surface area contributed by atoms with Crippen LogP contribution in [0, 0.1) is 35.3 Å². The number of nitrogens with two attached hydrogens (primary N) is 1. The fourth-order valence-corrected chi connectivity index (χ4v) is 6.73. The second-order valence-electron chi connectivity index (χ2n) is 10.2. The van der Waals surface area contributed by atoms with E-state index in [-0.39, 0.29) is 22.9 Å². The normalized spacial score (nSPS) is 17.1. The zero-order valence-electron chi connectivity index (χ0n) is 22.5. The zero-order chi connectivity index (χ0) is 28.4. The Labute approximate surface area is 238 Å². The monoisotopic (exact) mass is 550 g/mol. The minimum atomic E-state index is -0.582. The predicted octanol–water partition coefficient (Wildman–Crippen LogP) is 6.95. The lowest BCUT2D eigenvalue weighted by Gasteiger charge is -2.40. The molecular formula is C32H30N4O3S. The number of ketones is 1. The number of rotatable bonds is 7. The summed E-state index contributed by atoms with van der Waals surface area (Å²) < 4.78 is 0. The number of nitrogens with zero attached hydrogens (tertiary/aromatic N) is 3. The molecule has 0 amide bonds. The van der Waals surface area contributed by atoms with E-state index in [1.807, 2.05) is 36.9 Å². The van der Waals surface area contributed by atoms with Crippen LogP contribution >= 0.6 is 11.8 Å². The molecule has 2 aliphatic rings. The maximum Gasteiger partial charge on any atom is 0.271 e. The van der Waals surface area contributed by atoms with Crippen molar-refractivity contribution in [3.05, 3.63) is 127 Å². The molecule has 0 radical (unpaired) electrons. The zero-order valence-corrected chi connectivity index (χ0v) is 23.3. The van der Waals surface area contributed by atoms with E-state index >= 15 is 0 Å². The molecule has 0 saturated heterocycles. The molecule has 0 fully saturated rings. The molecule has 1 aliphatic carbocycles. The Morgan fingerprint density at radius 2 is 1.82 bits per heavy atom. The molecule has 2 N–H and O–H groups in total. The third-order valence-corrected chi connectivity index (χ3v) is 8.67.